The molecule has 0 aliphatic carbocycles. The van der Waals surface area contributed by atoms with Crippen molar-refractivity contribution in [2.75, 3.05) is 13.7 Å². The smallest absolute Gasteiger partial charge is 0.119 e. The molecule has 1 aromatic heterocycles. The van der Waals surface area contributed by atoms with Crippen molar-refractivity contribution in [3.8, 4) is 5.75 Å². The second-order valence-corrected chi connectivity index (χ2v) is 4.89. The van der Waals surface area contributed by atoms with E-state index in [-0.39, 0.29) is 5.25 Å². The van der Waals surface area contributed by atoms with Crippen LogP contribution in [0.1, 0.15) is 10.8 Å². The zero-order chi connectivity index (χ0) is 12.8. The Hall–Kier alpha value is -1.59. The fraction of sp³-hybridized carbons (Fsp3) is 0.231. The molecule has 0 spiro atoms. The van der Waals surface area contributed by atoms with E-state index in [1.165, 1.54) is 0 Å². The van der Waals surface area contributed by atoms with Gasteiger partial charge in [0.05, 0.1) is 12.1 Å². The predicted octanol–water partition coefficient (Wildman–Crippen LogP) is 2.28. The highest BCUT2D eigenvalue weighted by atomic mass is 32.2. The number of aromatic nitrogens is 2. The van der Waals surface area contributed by atoms with Crippen molar-refractivity contribution in [1.82, 2.24) is 9.97 Å². The van der Waals surface area contributed by atoms with E-state index < -0.39 is 0 Å². The number of nitrogens with zero attached hydrogens (tertiary/aromatic N) is 2. The van der Waals surface area contributed by atoms with E-state index in [1.807, 2.05) is 30.3 Å². The number of hydrogen-bond acceptors (Lipinski definition) is 5. The number of rotatable bonds is 5. The topological polar surface area (TPSA) is 61.0 Å². The van der Waals surface area contributed by atoms with Gasteiger partial charge < -0.3 is 10.5 Å². The number of thioether (sulfide) groups is 1. The average Bonchev–Trinajstić information content (AvgIpc) is 2.46. The van der Waals surface area contributed by atoms with Crippen molar-refractivity contribution in [3.63, 3.8) is 0 Å². The van der Waals surface area contributed by atoms with Crippen LogP contribution in [-0.2, 0) is 0 Å². The molecule has 2 rings (SSSR count). The van der Waals surface area contributed by atoms with Crippen molar-refractivity contribution < 1.29 is 4.74 Å². The lowest BCUT2D eigenvalue weighted by Gasteiger charge is -2.14. The second-order valence-electron chi connectivity index (χ2n) is 3.67. The Labute approximate surface area is 111 Å². The summed E-state index contributed by atoms with van der Waals surface area (Å²) in [7, 11) is 1.66. The predicted molar refractivity (Wildman–Crippen MR) is 72.7 cm³/mol. The van der Waals surface area contributed by atoms with Crippen molar-refractivity contribution in [1.29, 1.82) is 0 Å². The molecule has 4 nitrogen and oxygen atoms in total. The SMILES string of the molecule is COc1cccc(C(CN)Sc2ccncn2)c1. The maximum absolute atomic E-state index is 5.84. The molecule has 0 bridgehead atoms. The summed E-state index contributed by atoms with van der Waals surface area (Å²) in [5.74, 6) is 0.842. The minimum atomic E-state index is 0.162. The van der Waals surface area contributed by atoms with Crippen LogP contribution in [0.15, 0.2) is 47.9 Å². The minimum Gasteiger partial charge on any atom is -0.497 e. The van der Waals surface area contributed by atoms with Gasteiger partial charge >= 0.3 is 0 Å². The third-order valence-electron chi connectivity index (χ3n) is 2.50. The summed E-state index contributed by atoms with van der Waals surface area (Å²) in [6.07, 6.45) is 3.27. The van der Waals surface area contributed by atoms with Crippen molar-refractivity contribution in [2.24, 2.45) is 5.73 Å². The van der Waals surface area contributed by atoms with E-state index in [0.717, 1.165) is 16.3 Å². The van der Waals surface area contributed by atoms with Gasteiger partial charge in [0.15, 0.2) is 0 Å². The van der Waals surface area contributed by atoms with Crippen LogP contribution < -0.4 is 10.5 Å². The first-order valence-electron chi connectivity index (χ1n) is 5.60. The molecule has 0 amide bonds. The van der Waals surface area contributed by atoms with E-state index in [2.05, 4.69) is 9.97 Å². The molecule has 0 fully saturated rings. The van der Waals surface area contributed by atoms with Crippen LogP contribution >= 0.6 is 11.8 Å². The molecule has 5 heteroatoms. The van der Waals surface area contributed by atoms with Gasteiger partial charge in [-0.15, -0.1) is 0 Å². The Balaban J connectivity index is 2.17. The maximum atomic E-state index is 5.84. The van der Waals surface area contributed by atoms with E-state index >= 15 is 0 Å². The molecular formula is C13H15N3OS. The van der Waals surface area contributed by atoms with Gasteiger partial charge in [-0.1, -0.05) is 23.9 Å². The summed E-state index contributed by atoms with van der Waals surface area (Å²) in [5.41, 5.74) is 6.98. The standard InChI is InChI=1S/C13H15N3OS/c1-17-11-4-2-3-10(7-11)12(8-14)18-13-5-6-15-9-16-13/h2-7,9,12H,8,14H2,1H3. The van der Waals surface area contributed by atoms with Crippen molar-refractivity contribution >= 4 is 11.8 Å². The molecular weight excluding hydrogens is 246 g/mol. The summed E-state index contributed by atoms with van der Waals surface area (Å²) >= 11 is 1.63. The van der Waals surface area contributed by atoms with Crippen molar-refractivity contribution in [3.05, 3.63) is 48.4 Å². The third-order valence-corrected chi connectivity index (χ3v) is 3.73. The molecule has 0 radical (unpaired) electrons. The Morgan fingerprint density at radius 3 is 2.94 bits per heavy atom. The van der Waals surface area contributed by atoms with Crippen molar-refractivity contribution in [2.45, 2.75) is 10.3 Å². The third kappa shape index (κ3) is 3.21. The molecule has 2 aromatic rings. The Morgan fingerprint density at radius 1 is 1.39 bits per heavy atom. The molecule has 0 saturated heterocycles. The van der Waals surface area contributed by atoms with Crippen LogP contribution in [0.3, 0.4) is 0 Å². The molecule has 0 saturated carbocycles. The average molecular weight is 261 g/mol. The molecule has 0 aliphatic heterocycles. The Morgan fingerprint density at radius 2 is 2.28 bits per heavy atom. The van der Waals surface area contributed by atoms with Gasteiger partial charge in [-0.2, -0.15) is 0 Å². The van der Waals surface area contributed by atoms with Crippen LogP contribution in [0.25, 0.3) is 0 Å². The number of methoxy groups -OCH3 is 1. The van der Waals surface area contributed by atoms with Gasteiger partial charge in [-0.3, -0.25) is 0 Å². The van der Waals surface area contributed by atoms with Gasteiger partial charge in [0.2, 0.25) is 0 Å². The number of hydrogen-bond donors (Lipinski definition) is 1. The monoisotopic (exact) mass is 261 g/mol. The number of benzene rings is 1. The first-order valence-corrected chi connectivity index (χ1v) is 6.48. The van der Waals surface area contributed by atoms with Gasteiger partial charge in [-0.05, 0) is 23.8 Å². The van der Waals surface area contributed by atoms with E-state index in [9.17, 15) is 0 Å². The minimum absolute atomic E-state index is 0.162. The summed E-state index contributed by atoms with van der Waals surface area (Å²) in [6.45, 7) is 0.543. The Kier molecular flexibility index (Phi) is 4.55. The molecule has 1 aromatic carbocycles. The van der Waals surface area contributed by atoms with Gasteiger partial charge in [0.1, 0.15) is 12.1 Å². The maximum Gasteiger partial charge on any atom is 0.119 e. The lowest BCUT2D eigenvalue weighted by Crippen LogP contribution is -2.09. The van der Waals surface area contributed by atoms with Gasteiger partial charge in [-0.25, -0.2) is 9.97 Å². The fourth-order valence-electron chi connectivity index (χ4n) is 1.59. The summed E-state index contributed by atoms with van der Waals surface area (Å²) < 4.78 is 5.22. The zero-order valence-electron chi connectivity index (χ0n) is 10.1. The second kappa shape index (κ2) is 6.37. The number of ether oxygens (including phenoxy) is 1. The lowest BCUT2D eigenvalue weighted by molar-refractivity contribution is 0.414. The largest absolute Gasteiger partial charge is 0.497 e. The summed E-state index contributed by atoms with van der Waals surface area (Å²) in [5, 5.41) is 1.08. The molecule has 2 N–H and O–H groups in total. The van der Waals surface area contributed by atoms with Crippen LogP contribution in [0.4, 0.5) is 0 Å². The van der Waals surface area contributed by atoms with E-state index in [1.54, 1.807) is 31.4 Å². The molecule has 1 heterocycles. The first-order chi connectivity index (χ1) is 8.83. The molecule has 1 unspecified atom stereocenters. The fourth-order valence-corrected chi connectivity index (χ4v) is 2.51. The van der Waals surface area contributed by atoms with E-state index in [0.29, 0.717) is 6.54 Å². The summed E-state index contributed by atoms with van der Waals surface area (Å²) in [4.78, 5) is 8.10. The van der Waals surface area contributed by atoms with Crippen LogP contribution in [0, 0.1) is 0 Å². The highest BCUT2D eigenvalue weighted by Crippen LogP contribution is 2.34. The summed E-state index contributed by atoms with van der Waals surface area (Å²) in [6, 6.07) is 9.83. The molecule has 18 heavy (non-hydrogen) atoms. The molecule has 94 valence electrons. The quantitative estimate of drug-likeness (QED) is 0.661. The van der Waals surface area contributed by atoms with Crippen LogP contribution in [0.5, 0.6) is 5.75 Å². The molecule has 0 aliphatic rings. The zero-order valence-corrected chi connectivity index (χ0v) is 10.9. The highest BCUT2D eigenvalue weighted by molar-refractivity contribution is 7.99. The Bertz CT molecular complexity index is 493. The normalized spacial score (nSPS) is 12.1. The number of nitrogens with two attached hydrogens (primary N) is 1. The van der Waals surface area contributed by atoms with Crippen LogP contribution in [0.2, 0.25) is 0 Å². The lowest BCUT2D eigenvalue weighted by atomic mass is 10.1. The van der Waals surface area contributed by atoms with E-state index in [4.69, 9.17) is 10.5 Å². The first kappa shape index (κ1) is 12.9. The highest BCUT2D eigenvalue weighted by Gasteiger charge is 2.12. The van der Waals surface area contributed by atoms with Gasteiger partial charge in [0, 0.05) is 18.0 Å². The van der Waals surface area contributed by atoms with Crippen LogP contribution in [-0.4, -0.2) is 23.6 Å². The van der Waals surface area contributed by atoms with Gasteiger partial charge in [0.25, 0.3) is 0 Å². The molecule has 1 atom stereocenters.